The van der Waals surface area contributed by atoms with Crippen molar-refractivity contribution in [3.63, 3.8) is 0 Å². The molecule has 4 nitrogen and oxygen atoms in total. The van der Waals surface area contributed by atoms with Crippen LogP contribution in [0.3, 0.4) is 0 Å². The molecule has 0 aliphatic heterocycles. The molecule has 0 aliphatic rings. The summed E-state index contributed by atoms with van der Waals surface area (Å²) in [5, 5.41) is 5.09. The Kier molecular flexibility index (Phi) is 3.74. The first-order valence-corrected chi connectivity index (χ1v) is 7.13. The Balaban J connectivity index is 1.81. The highest BCUT2D eigenvalue weighted by Crippen LogP contribution is 2.17. The second-order valence-electron chi connectivity index (χ2n) is 5.26. The van der Waals surface area contributed by atoms with E-state index in [1.54, 1.807) is 6.20 Å². The van der Waals surface area contributed by atoms with Crippen LogP contribution in [0, 0.1) is 6.92 Å². The van der Waals surface area contributed by atoms with Crippen molar-refractivity contribution in [2.45, 2.75) is 13.8 Å². The Morgan fingerprint density at radius 2 is 1.95 bits per heavy atom. The summed E-state index contributed by atoms with van der Waals surface area (Å²) >= 11 is 0. The minimum atomic E-state index is -0.218. The molecule has 0 saturated carbocycles. The number of carbonyl (C=O) groups excluding carboxylic acids is 1. The van der Waals surface area contributed by atoms with Crippen LogP contribution in [-0.2, 0) is 0 Å². The SMILES string of the molecule is C/C(=N\NC(=O)c1c[nH]c2ccccc12)c1cccc(C)c1. The van der Waals surface area contributed by atoms with Crippen molar-refractivity contribution in [3.05, 3.63) is 71.4 Å². The van der Waals surface area contributed by atoms with E-state index in [1.807, 2.05) is 62.4 Å². The number of amides is 1. The molecule has 0 unspecified atom stereocenters. The Morgan fingerprint density at radius 1 is 1.14 bits per heavy atom. The third-order valence-electron chi connectivity index (χ3n) is 3.59. The number of aryl methyl sites for hydroxylation is 1. The number of fused-ring (bicyclic) bond motifs is 1. The van der Waals surface area contributed by atoms with Gasteiger partial charge < -0.3 is 4.98 Å². The van der Waals surface area contributed by atoms with Crippen molar-refractivity contribution in [2.24, 2.45) is 5.10 Å². The zero-order valence-corrected chi connectivity index (χ0v) is 12.6. The third kappa shape index (κ3) is 2.76. The molecule has 0 aliphatic carbocycles. The summed E-state index contributed by atoms with van der Waals surface area (Å²) in [4.78, 5) is 15.4. The number of aromatic amines is 1. The largest absolute Gasteiger partial charge is 0.360 e. The van der Waals surface area contributed by atoms with Crippen LogP contribution in [0.4, 0.5) is 0 Å². The van der Waals surface area contributed by atoms with Crippen molar-refractivity contribution in [1.29, 1.82) is 0 Å². The van der Waals surface area contributed by atoms with Crippen molar-refractivity contribution in [3.8, 4) is 0 Å². The summed E-state index contributed by atoms with van der Waals surface area (Å²) in [5.41, 5.74) is 7.09. The van der Waals surface area contributed by atoms with Gasteiger partial charge in [-0.3, -0.25) is 4.79 Å². The van der Waals surface area contributed by atoms with Gasteiger partial charge in [-0.15, -0.1) is 0 Å². The van der Waals surface area contributed by atoms with Crippen LogP contribution in [0.15, 0.2) is 59.8 Å². The predicted octanol–water partition coefficient (Wildman–Crippen LogP) is 3.63. The number of aromatic nitrogens is 1. The van der Waals surface area contributed by atoms with Crippen LogP contribution in [-0.4, -0.2) is 16.6 Å². The highest BCUT2D eigenvalue weighted by molar-refractivity contribution is 6.07. The van der Waals surface area contributed by atoms with E-state index in [9.17, 15) is 4.79 Å². The summed E-state index contributed by atoms with van der Waals surface area (Å²) in [5.74, 6) is -0.218. The lowest BCUT2D eigenvalue weighted by Crippen LogP contribution is -2.19. The monoisotopic (exact) mass is 291 g/mol. The number of nitrogens with zero attached hydrogens (tertiary/aromatic N) is 1. The van der Waals surface area contributed by atoms with Crippen LogP contribution in [0.2, 0.25) is 0 Å². The van der Waals surface area contributed by atoms with Gasteiger partial charge in [0.15, 0.2) is 0 Å². The van der Waals surface area contributed by atoms with E-state index in [0.717, 1.165) is 27.7 Å². The van der Waals surface area contributed by atoms with E-state index < -0.39 is 0 Å². The molecule has 1 aromatic heterocycles. The van der Waals surface area contributed by atoms with Crippen molar-refractivity contribution in [2.75, 3.05) is 0 Å². The maximum atomic E-state index is 12.3. The molecular formula is C18H17N3O. The highest BCUT2D eigenvalue weighted by atomic mass is 16.2. The number of hydrazone groups is 1. The molecule has 0 fully saturated rings. The van der Waals surface area contributed by atoms with Crippen molar-refractivity contribution in [1.82, 2.24) is 10.4 Å². The number of hydrogen-bond acceptors (Lipinski definition) is 2. The fraction of sp³-hybridized carbons (Fsp3) is 0.111. The van der Waals surface area contributed by atoms with Crippen molar-refractivity contribution >= 4 is 22.5 Å². The number of benzene rings is 2. The number of para-hydroxylation sites is 1. The summed E-state index contributed by atoms with van der Waals surface area (Å²) in [6.45, 7) is 3.91. The van der Waals surface area contributed by atoms with E-state index in [-0.39, 0.29) is 5.91 Å². The maximum Gasteiger partial charge on any atom is 0.273 e. The molecule has 0 spiro atoms. The van der Waals surface area contributed by atoms with Gasteiger partial charge in [-0.2, -0.15) is 5.10 Å². The van der Waals surface area contributed by atoms with Crippen LogP contribution in [0.25, 0.3) is 10.9 Å². The van der Waals surface area contributed by atoms with E-state index in [1.165, 1.54) is 0 Å². The Hall–Kier alpha value is -2.88. The smallest absolute Gasteiger partial charge is 0.273 e. The first-order valence-electron chi connectivity index (χ1n) is 7.13. The zero-order valence-electron chi connectivity index (χ0n) is 12.6. The fourth-order valence-corrected chi connectivity index (χ4v) is 2.39. The Bertz CT molecular complexity index is 861. The van der Waals surface area contributed by atoms with Gasteiger partial charge in [-0.05, 0) is 25.5 Å². The maximum absolute atomic E-state index is 12.3. The lowest BCUT2D eigenvalue weighted by atomic mass is 10.1. The molecule has 0 saturated heterocycles. The van der Waals surface area contributed by atoms with Crippen molar-refractivity contribution < 1.29 is 4.79 Å². The highest BCUT2D eigenvalue weighted by Gasteiger charge is 2.11. The van der Waals surface area contributed by atoms with Gasteiger partial charge in [0, 0.05) is 17.1 Å². The molecular weight excluding hydrogens is 274 g/mol. The zero-order chi connectivity index (χ0) is 15.5. The standard InChI is InChI=1S/C18H17N3O/c1-12-6-5-7-14(10-12)13(2)20-21-18(22)16-11-19-17-9-4-3-8-15(16)17/h3-11,19H,1-2H3,(H,21,22)/b20-13+. The normalized spacial score (nSPS) is 11.6. The molecule has 110 valence electrons. The summed E-state index contributed by atoms with van der Waals surface area (Å²) in [6.07, 6.45) is 1.71. The first-order chi connectivity index (χ1) is 10.6. The molecule has 3 rings (SSSR count). The van der Waals surface area contributed by atoms with Gasteiger partial charge >= 0.3 is 0 Å². The second-order valence-corrected chi connectivity index (χ2v) is 5.26. The molecule has 2 aromatic carbocycles. The fourth-order valence-electron chi connectivity index (χ4n) is 2.39. The van der Waals surface area contributed by atoms with E-state index in [0.29, 0.717) is 5.56 Å². The predicted molar refractivity (Wildman–Crippen MR) is 89.2 cm³/mol. The molecule has 1 amide bonds. The van der Waals surface area contributed by atoms with Gasteiger partial charge in [-0.25, -0.2) is 5.43 Å². The summed E-state index contributed by atoms with van der Waals surface area (Å²) in [7, 11) is 0. The Morgan fingerprint density at radius 3 is 2.77 bits per heavy atom. The number of rotatable bonds is 3. The van der Waals surface area contributed by atoms with E-state index in [2.05, 4.69) is 15.5 Å². The topological polar surface area (TPSA) is 57.2 Å². The summed E-state index contributed by atoms with van der Waals surface area (Å²) in [6, 6.07) is 15.7. The summed E-state index contributed by atoms with van der Waals surface area (Å²) < 4.78 is 0. The van der Waals surface area contributed by atoms with Gasteiger partial charge in [0.1, 0.15) is 0 Å². The molecule has 22 heavy (non-hydrogen) atoms. The molecule has 0 bridgehead atoms. The molecule has 1 heterocycles. The van der Waals surface area contributed by atoms with Gasteiger partial charge in [0.05, 0.1) is 11.3 Å². The molecule has 0 atom stereocenters. The average molecular weight is 291 g/mol. The Labute approximate surface area is 128 Å². The van der Waals surface area contributed by atoms with Gasteiger partial charge in [0.2, 0.25) is 0 Å². The molecule has 0 radical (unpaired) electrons. The van der Waals surface area contributed by atoms with Crippen LogP contribution >= 0.6 is 0 Å². The minimum absolute atomic E-state index is 0.218. The van der Waals surface area contributed by atoms with E-state index in [4.69, 9.17) is 0 Å². The van der Waals surface area contributed by atoms with Crippen LogP contribution < -0.4 is 5.43 Å². The number of carbonyl (C=O) groups is 1. The first kappa shape index (κ1) is 14.1. The van der Waals surface area contributed by atoms with Crippen LogP contribution in [0.1, 0.15) is 28.4 Å². The number of nitrogens with one attached hydrogen (secondary N) is 2. The molecule has 4 heteroatoms. The van der Waals surface area contributed by atoms with Gasteiger partial charge in [0.25, 0.3) is 5.91 Å². The third-order valence-corrected chi connectivity index (χ3v) is 3.59. The van der Waals surface area contributed by atoms with Gasteiger partial charge in [-0.1, -0.05) is 48.0 Å². The molecule has 2 N–H and O–H groups in total. The second kappa shape index (κ2) is 5.85. The lowest BCUT2D eigenvalue weighted by molar-refractivity contribution is 0.0956. The minimum Gasteiger partial charge on any atom is -0.360 e. The number of H-pyrrole nitrogens is 1. The lowest BCUT2D eigenvalue weighted by Gasteiger charge is -2.03. The number of hydrogen-bond donors (Lipinski definition) is 2. The average Bonchev–Trinajstić information content (AvgIpc) is 2.96. The van der Waals surface area contributed by atoms with Crippen LogP contribution in [0.5, 0.6) is 0 Å². The quantitative estimate of drug-likeness (QED) is 0.562. The molecule has 3 aromatic rings. The van der Waals surface area contributed by atoms with E-state index >= 15 is 0 Å².